The smallest absolute Gasteiger partial charge is 0.264 e. The summed E-state index contributed by atoms with van der Waals surface area (Å²) in [5.41, 5.74) is 1.10. The lowest BCUT2D eigenvalue weighted by atomic mass is 10.1. The summed E-state index contributed by atoms with van der Waals surface area (Å²) in [5.74, 6) is 1.03. The van der Waals surface area contributed by atoms with Gasteiger partial charge in [-0.05, 0) is 53.6 Å². The second-order valence-electron chi connectivity index (χ2n) is 8.28. The van der Waals surface area contributed by atoms with E-state index >= 15 is 0 Å². The number of rotatable bonds is 6. The lowest BCUT2D eigenvalue weighted by molar-refractivity contribution is -0.132. The number of piperazine rings is 1. The Labute approximate surface area is 193 Å². The Morgan fingerprint density at radius 3 is 2.41 bits per heavy atom. The van der Waals surface area contributed by atoms with Crippen LogP contribution in [0.2, 0.25) is 0 Å². The van der Waals surface area contributed by atoms with Crippen molar-refractivity contribution < 1.29 is 14.3 Å². The average molecular weight is 452 g/mol. The van der Waals surface area contributed by atoms with Crippen molar-refractivity contribution in [3.05, 3.63) is 63.8 Å². The highest BCUT2D eigenvalue weighted by atomic mass is 32.1. The van der Waals surface area contributed by atoms with Gasteiger partial charge in [0, 0.05) is 44.6 Å². The van der Waals surface area contributed by atoms with Gasteiger partial charge in [-0.2, -0.15) is 0 Å². The predicted octanol–water partition coefficient (Wildman–Crippen LogP) is 3.63. The molecule has 0 aliphatic carbocycles. The molecular weight excluding hydrogens is 422 g/mol. The number of amides is 2. The van der Waals surface area contributed by atoms with Gasteiger partial charge in [-0.25, -0.2) is 0 Å². The lowest BCUT2D eigenvalue weighted by Crippen LogP contribution is -2.51. The van der Waals surface area contributed by atoms with Crippen LogP contribution in [0.3, 0.4) is 0 Å². The number of aryl methyl sites for hydroxylation is 1. The summed E-state index contributed by atoms with van der Waals surface area (Å²) < 4.78 is 5.29. The number of benzene rings is 2. The number of carbonyl (C=O) groups is 2. The number of hydrogen-bond donors (Lipinski definition) is 0. The highest BCUT2D eigenvalue weighted by Gasteiger charge is 2.24. The summed E-state index contributed by atoms with van der Waals surface area (Å²) in [6.45, 7) is 5.69. The maximum absolute atomic E-state index is 12.8. The second kappa shape index (κ2) is 9.71. The molecule has 32 heavy (non-hydrogen) atoms. The minimum Gasteiger partial charge on any atom is -0.497 e. The first-order chi connectivity index (χ1) is 15.4. The molecule has 7 heteroatoms. The van der Waals surface area contributed by atoms with Gasteiger partial charge >= 0.3 is 0 Å². The molecule has 2 amide bonds. The molecule has 1 saturated heterocycles. The van der Waals surface area contributed by atoms with Gasteiger partial charge in [-0.15, -0.1) is 11.3 Å². The summed E-state index contributed by atoms with van der Waals surface area (Å²) in [5, 5.41) is 2.25. The summed E-state index contributed by atoms with van der Waals surface area (Å²) in [6.07, 6.45) is 0. The first-order valence-electron chi connectivity index (χ1n) is 10.8. The number of fused-ring (bicyclic) bond motifs is 1. The van der Waals surface area contributed by atoms with Gasteiger partial charge in [-0.1, -0.05) is 18.2 Å². The Kier molecular flexibility index (Phi) is 6.77. The van der Waals surface area contributed by atoms with Crippen molar-refractivity contribution in [2.45, 2.75) is 13.5 Å². The van der Waals surface area contributed by atoms with Crippen molar-refractivity contribution in [3.8, 4) is 5.75 Å². The average Bonchev–Trinajstić information content (AvgIpc) is 3.25. The fourth-order valence-electron chi connectivity index (χ4n) is 3.99. The zero-order valence-electron chi connectivity index (χ0n) is 18.8. The van der Waals surface area contributed by atoms with Crippen LogP contribution in [-0.2, 0) is 11.3 Å². The van der Waals surface area contributed by atoms with Crippen LogP contribution < -0.4 is 4.74 Å². The zero-order chi connectivity index (χ0) is 22.7. The standard InChI is InChI=1S/C25H29N3O3S/c1-18-4-9-23(32-18)25(30)28-12-10-27(11-13-28)17-24(29)26(2)16-19-5-6-21-15-22(31-3)8-7-20(21)14-19/h4-9,14-15H,10-13,16-17H2,1-3H3. The van der Waals surface area contributed by atoms with E-state index in [1.807, 2.05) is 49.2 Å². The Balaban J connectivity index is 1.28. The van der Waals surface area contributed by atoms with Crippen LogP contribution in [0.25, 0.3) is 10.8 Å². The van der Waals surface area contributed by atoms with Crippen molar-refractivity contribution in [3.63, 3.8) is 0 Å². The maximum Gasteiger partial charge on any atom is 0.264 e. The van der Waals surface area contributed by atoms with Crippen LogP contribution in [0.15, 0.2) is 48.5 Å². The van der Waals surface area contributed by atoms with E-state index in [0.29, 0.717) is 39.3 Å². The van der Waals surface area contributed by atoms with Gasteiger partial charge in [-0.3, -0.25) is 14.5 Å². The minimum atomic E-state index is 0.0912. The highest BCUT2D eigenvalue weighted by Crippen LogP contribution is 2.22. The predicted molar refractivity (Wildman–Crippen MR) is 128 cm³/mol. The van der Waals surface area contributed by atoms with Crippen LogP contribution in [-0.4, -0.2) is 73.4 Å². The van der Waals surface area contributed by atoms with E-state index in [1.54, 1.807) is 12.0 Å². The lowest BCUT2D eigenvalue weighted by Gasteiger charge is -2.34. The molecule has 1 aliphatic rings. The van der Waals surface area contributed by atoms with Crippen LogP contribution in [0.5, 0.6) is 5.75 Å². The molecule has 0 bridgehead atoms. The van der Waals surface area contributed by atoms with Crippen molar-refractivity contribution in [2.75, 3.05) is 46.9 Å². The van der Waals surface area contributed by atoms with Gasteiger partial charge in [0.25, 0.3) is 5.91 Å². The Morgan fingerprint density at radius 1 is 1.00 bits per heavy atom. The SMILES string of the molecule is COc1ccc2cc(CN(C)C(=O)CN3CCN(C(=O)c4ccc(C)s4)CC3)ccc2c1. The molecule has 0 radical (unpaired) electrons. The van der Waals surface area contributed by atoms with Crippen LogP contribution in [0.1, 0.15) is 20.1 Å². The molecule has 0 atom stereocenters. The number of carbonyl (C=O) groups excluding carboxylic acids is 2. The molecule has 0 saturated carbocycles. The summed E-state index contributed by atoms with van der Waals surface area (Å²) in [7, 11) is 3.51. The molecule has 2 aromatic carbocycles. The third kappa shape index (κ3) is 5.11. The minimum absolute atomic E-state index is 0.0912. The third-order valence-corrected chi connectivity index (χ3v) is 6.92. The number of thiophene rings is 1. The molecule has 2 heterocycles. The van der Waals surface area contributed by atoms with Crippen LogP contribution >= 0.6 is 11.3 Å². The van der Waals surface area contributed by atoms with Crippen molar-refractivity contribution in [1.29, 1.82) is 0 Å². The Bertz CT molecular complexity index is 1120. The first kappa shape index (κ1) is 22.3. The van der Waals surface area contributed by atoms with Gasteiger partial charge in [0.2, 0.25) is 5.91 Å². The summed E-state index contributed by atoms with van der Waals surface area (Å²) in [4.78, 5) is 33.1. The van der Waals surface area contributed by atoms with Crippen molar-refractivity contribution in [2.24, 2.45) is 0 Å². The molecule has 0 N–H and O–H groups in total. The molecule has 1 aliphatic heterocycles. The summed E-state index contributed by atoms with van der Waals surface area (Å²) >= 11 is 1.54. The van der Waals surface area contributed by atoms with E-state index in [2.05, 4.69) is 23.1 Å². The monoisotopic (exact) mass is 451 g/mol. The molecule has 0 unspecified atom stereocenters. The zero-order valence-corrected chi connectivity index (χ0v) is 19.7. The fraction of sp³-hybridized carbons (Fsp3) is 0.360. The Hall–Kier alpha value is -2.90. The van der Waals surface area contributed by atoms with Crippen molar-refractivity contribution >= 4 is 33.9 Å². The Morgan fingerprint density at radius 2 is 1.72 bits per heavy atom. The van der Waals surface area contributed by atoms with Crippen molar-refractivity contribution in [1.82, 2.24) is 14.7 Å². The maximum atomic E-state index is 12.8. The molecule has 1 aromatic heterocycles. The molecular formula is C25H29N3O3S. The first-order valence-corrected chi connectivity index (χ1v) is 11.6. The number of methoxy groups -OCH3 is 1. The number of nitrogens with zero attached hydrogens (tertiary/aromatic N) is 3. The molecule has 6 nitrogen and oxygen atoms in total. The molecule has 3 aromatic rings. The largest absolute Gasteiger partial charge is 0.497 e. The van der Waals surface area contributed by atoms with E-state index < -0.39 is 0 Å². The molecule has 168 valence electrons. The van der Waals surface area contributed by atoms with E-state index in [0.717, 1.165) is 31.8 Å². The topological polar surface area (TPSA) is 53.1 Å². The molecule has 1 fully saturated rings. The number of likely N-dealkylation sites (N-methyl/N-ethyl adjacent to an activating group) is 1. The molecule has 4 rings (SSSR count). The van der Waals surface area contributed by atoms with Crippen LogP contribution in [0, 0.1) is 6.92 Å². The van der Waals surface area contributed by atoms with E-state index in [4.69, 9.17) is 4.74 Å². The quantitative estimate of drug-likeness (QED) is 0.574. The van der Waals surface area contributed by atoms with E-state index in [-0.39, 0.29) is 11.8 Å². The number of hydrogen-bond acceptors (Lipinski definition) is 5. The summed E-state index contributed by atoms with van der Waals surface area (Å²) in [6, 6.07) is 16.1. The molecule has 0 spiro atoms. The normalized spacial score (nSPS) is 14.5. The fourth-order valence-corrected chi connectivity index (χ4v) is 4.82. The number of ether oxygens (including phenoxy) is 1. The van der Waals surface area contributed by atoms with Gasteiger partial charge in [0.15, 0.2) is 0 Å². The highest BCUT2D eigenvalue weighted by molar-refractivity contribution is 7.13. The van der Waals surface area contributed by atoms with Crippen LogP contribution in [0.4, 0.5) is 0 Å². The van der Waals surface area contributed by atoms with Gasteiger partial charge < -0.3 is 14.5 Å². The second-order valence-corrected chi connectivity index (χ2v) is 9.56. The van der Waals surface area contributed by atoms with Gasteiger partial charge in [0.05, 0.1) is 18.5 Å². The van der Waals surface area contributed by atoms with Gasteiger partial charge in [0.1, 0.15) is 5.75 Å². The van der Waals surface area contributed by atoms with E-state index in [1.165, 1.54) is 11.3 Å². The van der Waals surface area contributed by atoms with E-state index in [9.17, 15) is 9.59 Å². The third-order valence-electron chi connectivity index (χ3n) is 5.93.